The Kier molecular flexibility index (Phi) is 7.11. The number of carbonyl (C=O) groups excluding carboxylic acids is 2. The molecule has 0 radical (unpaired) electrons. The number of nitrogens with one attached hydrogen (secondary N) is 2. The van der Waals surface area contributed by atoms with Crippen LogP contribution in [0.3, 0.4) is 0 Å². The minimum atomic E-state index is -0.502. The van der Waals surface area contributed by atoms with Crippen molar-refractivity contribution in [2.45, 2.75) is 25.1 Å². The van der Waals surface area contributed by atoms with E-state index in [4.69, 9.17) is 19.9 Å². The molecule has 12 heteroatoms. The monoisotopic (exact) mass is 522 g/mol. The minimum Gasteiger partial charge on any atom is -0.493 e. The number of nitrogens with two attached hydrogens (primary N) is 1. The molecule has 0 saturated carbocycles. The second-order valence-corrected chi connectivity index (χ2v) is 8.97. The summed E-state index contributed by atoms with van der Waals surface area (Å²) in [5.74, 6) is 0.387. The van der Waals surface area contributed by atoms with E-state index in [0.717, 1.165) is 0 Å². The lowest BCUT2D eigenvalue weighted by atomic mass is 10.0. The van der Waals surface area contributed by atoms with Gasteiger partial charge in [-0.1, -0.05) is 0 Å². The number of rotatable bonds is 2. The highest BCUT2D eigenvalue weighted by Crippen LogP contribution is 2.29. The number of fused-ring (bicyclic) bond motifs is 5. The molecule has 0 spiro atoms. The number of halogens is 1. The van der Waals surface area contributed by atoms with Crippen LogP contribution in [0.15, 0.2) is 48.7 Å². The maximum Gasteiger partial charge on any atom is 0.258 e. The lowest BCUT2D eigenvalue weighted by Gasteiger charge is -2.39. The molecular weight excluding hydrogens is 495 g/mol. The van der Waals surface area contributed by atoms with Crippen LogP contribution in [0.5, 0.6) is 17.2 Å². The van der Waals surface area contributed by atoms with Crippen molar-refractivity contribution in [3.63, 3.8) is 0 Å². The molecule has 4 N–H and O–H groups in total. The van der Waals surface area contributed by atoms with Crippen molar-refractivity contribution in [2.75, 3.05) is 37.4 Å². The van der Waals surface area contributed by atoms with Gasteiger partial charge in [-0.3, -0.25) is 9.59 Å². The standard InChI is InChI=1S/C26H27FN6O5/c1-36-21-3-2-16-10-22(21)37-14-24(34)30-12-15-8-17(27)11-18(9-15)38-20-5-7-33(13-19(20)31-25(16)35)23-4-6-29-26(28)32-23/h2-4,6,8-11,19-20H,5,7,12-14H2,1H3,(H,30,34)(H,31,35)(H2,28,29,32)/t19-,20+/m0/s1. The van der Waals surface area contributed by atoms with E-state index >= 15 is 0 Å². The maximum absolute atomic E-state index is 14.4. The molecule has 38 heavy (non-hydrogen) atoms. The van der Waals surface area contributed by atoms with Crippen LogP contribution in [0.2, 0.25) is 0 Å². The van der Waals surface area contributed by atoms with Crippen molar-refractivity contribution in [3.05, 3.63) is 65.6 Å². The normalized spacial score (nSPS) is 19.8. The predicted octanol–water partition coefficient (Wildman–Crippen LogP) is 1.67. The lowest BCUT2D eigenvalue weighted by molar-refractivity contribution is -0.123. The molecule has 2 aliphatic rings. The van der Waals surface area contributed by atoms with E-state index in [2.05, 4.69) is 20.6 Å². The second-order valence-electron chi connectivity index (χ2n) is 8.97. The maximum atomic E-state index is 14.4. The molecule has 0 unspecified atom stereocenters. The Bertz CT molecular complexity index is 1360. The number of methoxy groups -OCH3 is 1. The third kappa shape index (κ3) is 5.69. The molecule has 2 aromatic carbocycles. The summed E-state index contributed by atoms with van der Waals surface area (Å²) in [6.07, 6.45) is 1.61. The fourth-order valence-electron chi connectivity index (χ4n) is 4.50. The fraction of sp³-hybridized carbons (Fsp3) is 0.308. The van der Waals surface area contributed by atoms with Gasteiger partial charge in [0.15, 0.2) is 18.1 Å². The molecule has 2 atom stereocenters. The lowest BCUT2D eigenvalue weighted by Crippen LogP contribution is -2.57. The number of hydrogen-bond donors (Lipinski definition) is 3. The van der Waals surface area contributed by atoms with Crippen molar-refractivity contribution in [3.8, 4) is 17.2 Å². The van der Waals surface area contributed by atoms with Crippen LogP contribution in [-0.4, -0.2) is 60.7 Å². The third-order valence-electron chi connectivity index (χ3n) is 6.34. The molecule has 1 aromatic heterocycles. The van der Waals surface area contributed by atoms with Crippen LogP contribution in [0, 0.1) is 5.82 Å². The van der Waals surface area contributed by atoms with Gasteiger partial charge in [-0.25, -0.2) is 9.37 Å². The molecule has 3 aromatic rings. The summed E-state index contributed by atoms with van der Waals surface area (Å²) >= 11 is 0. The number of ether oxygens (including phenoxy) is 3. The zero-order chi connectivity index (χ0) is 26.6. The molecule has 11 nitrogen and oxygen atoms in total. The highest BCUT2D eigenvalue weighted by atomic mass is 19.1. The van der Waals surface area contributed by atoms with Crippen LogP contribution < -0.4 is 35.5 Å². The van der Waals surface area contributed by atoms with Gasteiger partial charge in [0, 0.05) is 43.9 Å². The van der Waals surface area contributed by atoms with Crippen LogP contribution in [0.25, 0.3) is 0 Å². The Hall–Kier alpha value is -4.61. The van der Waals surface area contributed by atoms with Gasteiger partial charge in [-0.15, -0.1) is 0 Å². The third-order valence-corrected chi connectivity index (χ3v) is 6.34. The quantitative estimate of drug-likeness (QED) is 0.458. The number of amides is 2. The minimum absolute atomic E-state index is 0.0846. The van der Waals surface area contributed by atoms with Gasteiger partial charge in [0.2, 0.25) is 5.95 Å². The Morgan fingerprint density at radius 3 is 2.87 bits per heavy atom. The summed E-state index contributed by atoms with van der Waals surface area (Å²) in [5.41, 5.74) is 6.61. The average molecular weight is 523 g/mol. The van der Waals surface area contributed by atoms with Gasteiger partial charge in [-0.2, -0.15) is 4.98 Å². The number of benzene rings is 2. The molecular formula is C26H27FN6O5. The molecule has 0 aliphatic carbocycles. The SMILES string of the molecule is COc1ccc2cc1OCC(=O)NCc1cc(F)cc(c1)O[C@@H]1CCN(c3ccnc(N)n3)C[C@@H]1NC2=O. The topological polar surface area (TPSA) is 141 Å². The van der Waals surface area contributed by atoms with Crippen molar-refractivity contribution >= 4 is 23.6 Å². The molecule has 3 heterocycles. The van der Waals surface area contributed by atoms with Crippen molar-refractivity contribution in [1.82, 2.24) is 20.6 Å². The zero-order valence-corrected chi connectivity index (χ0v) is 20.6. The Morgan fingerprint density at radius 1 is 1.18 bits per heavy atom. The molecule has 4 bridgehead atoms. The van der Waals surface area contributed by atoms with E-state index in [1.165, 1.54) is 25.3 Å². The highest BCUT2D eigenvalue weighted by molar-refractivity contribution is 5.95. The smallest absolute Gasteiger partial charge is 0.258 e. The average Bonchev–Trinajstić information content (AvgIpc) is 2.90. The van der Waals surface area contributed by atoms with E-state index in [1.54, 1.807) is 30.5 Å². The summed E-state index contributed by atoms with van der Waals surface area (Å²) in [4.78, 5) is 35.9. The van der Waals surface area contributed by atoms with Gasteiger partial charge in [0.25, 0.3) is 11.8 Å². The van der Waals surface area contributed by atoms with E-state index in [9.17, 15) is 14.0 Å². The van der Waals surface area contributed by atoms with Crippen molar-refractivity contribution < 1.29 is 28.2 Å². The van der Waals surface area contributed by atoms with Gasteiger partial charge in [0.1, 0.15) is 23.5 Å². The highest BCUT2D eigenvalue weighted by Gasteiger charge is 2.33. The number of aromatic nitrogens is 2. The summed E-state index contributed by atoms with van der Waals surface area (Å²) in [6, 6.07) is 10.3. The van der Waals surface area contributed by atoms with Crippen LogP contribution in [0.4, 0.5) is 16.2 Å². The van der Waals surface area contributed by atoms with E-state index < -0.39 is 23.9 Å². The number of anilines is 2. The number of hydrogen-bond acceptors (Lipinski definition) is 9. The summed E-state index contributed by atoms with van der Waals surface area (Å²) in [7, 11) is 1.47. The first-order valence-electron chi connectivity index (χ1n) is 12.1. The summed E-state index contributed by atoms with van der Waals surface area (Å²) in [6.45, 7) is 0.694. The first-order valence-corrected chi connectivity index (χ1v) is 12.1. The molecule has 198 valence electrons. The van der Waals surface area contributed by atoms with Gasteiger partial charge in [0.05, 0.1) is 13.2 Å². The van der Waals surface area contributed by atoms with Crippen molar-refractivity contribution in [1.29, 1.82) is 0 Å². The van der Waals surface area contributed by atoms with Gasteiger partial charge < -0.3 is 35.5 Å². The van der Waals surface area contributed by atoms with Gasteiger partial charge >= 0.3 is 0 Å². The fourth-order valence-corrected chi connectivity index (χ4v) is 4.50. The zero-order valence-electron chi connectivity index (χ0n) is 20.6. The van der Waals surface area contributed by atoms with Crippen LogP contribution in [0.1, 0.15) is 22.3 Å². The Labute approximate surface area is 218 Å². The second kappa shape index (κ2) is 10.8. The largest absolute Gasteiger partial charge is 0.493 e. The molecule has 1 saturated heterocycles. The first-order chi connectivity index (χ1) is 18.4. The summed E-state index contributed by atoms with van der Waals surface area (Å²) in [5, 5.41) is 5.75. The van der Waals surface area contributed by atoms with E-state index in [0.29, 0.717) is 48.0 Å². The number of nitrogen functional groups attached to an aromatic ring is 1. The number of nitrogens with zero attached hydrogens (tertiary/aromatic N) is 3. The molecule has 5 rings (SSSR count). The molecule has 2 aliphatic heterocycles. The van der Waals surface area contributed by atoms with Gasteiger partial charge in [-0.05, 0) is 42.0 Å². The van der Waals surface area contributed by atoms with E-state index in [-0.39, 0.29) is 30.8 Å². The predicted molar refractivity (Wildman–Crippen MR) is 136 cm³/mol. The first kappa shape index (κ1) is 25.1. The molecule has 1 fully saturated rings. The Balaban J connectivity index is 1.49. The Morgan fingerprint density at radius 2 is 2.05 bits per heavy atom. The van der Waals surface area contributed by atoms with Crippen LogP contribution >= 0.6 is 0 Å². The van der Waals surface area contributed by atoms with E-state index in [1.807, 2.05) is 4.90 Å². The number of carbonyl (C=O) groups is 2. The van der Waals surface area contributed by atoms with Crippen LogP contribution in [-0.2, 0) is 11.3 Å². The van der Waals surface area contributed by atoms with Crippen molar-refractivity contribution in [2.24, 2.45) is 0 Å². The number of piperidine rings is 1. The molecule has 2 amide bonds. The summed E-state index contributed by atoms with van der Waals surface area (Å²) < 4.78 is 31.6.